The normalized spacial score (nSPS) is 26.0. The van der Waals surface area contributed by atoms with Gasteiger partial charge in [0.25, 0.3) is 0 Å². The van der Waals surface area contributed by atoms with Gasteiger partial charge in [0, 0.05) is 25.7 Å². The molecular weight excluding hydrogens is 316 g/mol. The molecule has 3 N–H and O–H groups in total. The maximum Gasteiger partial charge on any atom is 0.243 e. The Labute approximate surface area is 138 Å². The number of aliphatic hydroxyl groups excluding tert-OH is 1. The molecule has 0 bridgehead atoms. The molecule has 0 spiro atoms. The Morgan fingerprint density at radius 1 is 1.30 bits per heavy atom. The zero-order chi connectivity index (χ0) is 17.1. The molecule has 1 aromatic rings. The predicted molar refractivity (Wildman–Crippen MR) is 88.5 cm³/mol. The first kappa shape index (κ1) is 18.4. The Morgan fingerprint density at radius 2 is 1.91 bits per heavy atom. The second-order valence-corrected chi connectivity index (χ2v) is 8.06. The highest BCUT2D eigenvalue weighted by molar-refractivity contribution is 7.89. The number of benzene rings is 1. The third kappa shape index (κ3) is 3.92. The summed E-state index contributed by atoms with van der Waals surface area (Å²) in [4.78, 5) is 0.171. The molecule has 2 atom stereocenters. The van der Waals surface area contributed by atoms with Crippen LogP contribution in [-0.2, 0) is 10.0 Å². The van der Waals surface area contributed by atoms with Gasteiger partial charge in [0.1, 0.15) is 5.60 Å². The van der Waals surface area contributed by atoms with E-state index in [9.17, 15) is 18.6 Å². The van der Waals surface area contributed by atoms with Crippen LogP contribution < -0.4 is 5.32 Å². The molecule has 0 unspecified atom stereocenters. The van der Waals surface area contributed by atoms with Crippen molar-refractivity contribution in [3.05, 3.63) is 30.3 Å². The second kappa shape index (κ2) is 7.27. The van der Waals surface area contributed by atoms with Gasteiger partial charge >= 0.3 is 0 Å². The molecule has 0 aliphatic carbocycles. The zero-order valence-electron chi connectivity index (χ0n) is 13.6. The maximum atomic E-state index is 12.6. The summed E-state index contributed by atoms with van der Waals surface area (Å²) >= 11 is 0. The van der Waals surface area contributed by atoms with E-state index in [-0.39, 0.29) is 30.6 Å². The third-order valence-electron chi connectivity index (χ3n) is 4.51. The molecule has 130 valence electrons. The summed E-state index contributed by atoms with van der Waals surface area (Å²) in [5.41, 5.74) is -1.47. The minimum absolute atomic E-state index is 0.0989. The fourth-order valence-corrected chi connectivity index (χ4v) is 4.37. The Balaban J connectivity index is 2.11. The summed E-state index contributed by atoms with van der Waals surface area (Å²) in [6.07, 6.45) is 0.714. The lowest BCUT2D eigenvalue weighted by atomic mass is 9.99. The van der Waals surface area contributed by atoms with Crippen molar-refractivity contribution in [2.45, 2.75) is 49.3 Å². The van der Waals surface area contributed by atoms with Crippen molar-refractivity contribution in [3.63, 3.8) is 0 Å². The molecule has 2 rings (SSSR count). The smallest absolute Gasteiger partial charge is 0.243 e. The van der Waals surface area contributed by atoms with Crippen LogP contribution in [0.2, 0.25) is 0 Å². The van der Waals surface area contributed by atoms with Gasteiger partial charge in [0.05, 0.1) is 11.0 Å². The number of hydrogen-bond donors (Lipinski definition) is 3. The van der Waals surface area contributed by atoms with Crippen LogP contribution in [0.3, 0.4) is 0 Å². The van der Waals surface area contributed by atoms with Crippen LogP contribution >= 0.6 is 0 Å². The molecule has 0 saturated carbocycles. The highest BCUT2D eigenvalue weighted by Crippen LogP contribution is 2.27. The monoisotopic (exact) mass is 342 g/mol. The van der Waals surface area contributed by atoms with Crippen molar-refractivity contribution in [2.75, 3.05) is 19.6 Å². The van der Waals surface area contributed by atoms with Crippen LogP contribution in [0.25, 0.3) is 0 Å². The Bertz CT molecular complexity index is 604. The molecule has 1 aliphatic heterocycles. The largest absolute Gasteiger partial charge is 0.389 e. The van der Waals surface area contributed by atoms with Crippen LogP contribution in [0.15, 0.2) is 35.2 Å². The minimum Gasteiger partial charge on any atom is -0.389 e. The van der Waals surface area contributed by atoms with Crippen molar-refractivity contribution < 1.29 is 18.6 Å². The minimum atomic E-state index is -3.71. The molecule has 0 radical (unpaired) electrons. The van der Waals surface area contributed by atoms with Crippen LogP contribution in [0, 0.1) is 0 Å². The number of β-amino-alcohol motifs (C(OH)–C–C–N with tert-alkyl or cyclic N) is 2. The lowest BCUT2D eigenvalue weighted by Gasteiger charge is -2.28. The van der Waals surface area contributed by atoms with E-state index in [0.717, 1.165) is 17.1 Å². The van der Waals surface area contributed by atoms with Gasteiger partial charge in [-0.1, -0.05) is 32.0 Å². The molecule has 1 fully saturated rings. The van der Waals surface area contributed by atoms with Crippen molar-refractivity contribution >= 4 is 10.0 Å². The molecule has 6 nitrogen and oxygen atoms in total. The lowest BCUT2D eigenvalue weighted by molar-refractivity contribution is -0.0399. The molecule has 7 heteroatoms. The number of hydrogen-bond acceptors (Lipinski definition) is 5. The van der Waals surface area contributed by atoms with Crippen molar-refractivity contribution in [1.82, 2.24) is 9.62 Å². The number of aliphatic hydroxyl groups is 2. The molecule has 0 aromatic heterocycles. The zero-order valence-corrected chi connectivity index (χ0v) is 14.5. The van der Waals surface area contributed by atoms with E-state index in [2.05, 4.69) is 5.32 Å². The molecule has 1 aromatic carbocycles. The SMILES string of the molecule is CCC(CC)NC[C@]1(O)CN(S(=O)(=O)c2ccccc2)C[C@H]1O. The maximum absolute atomic E-state index is 12.6. The van der Waals surface area contributed by atoms with E-state index >= 15 is 0 Å². The van der Waals surface area contributed by atoms with Gasteiger partial charge in [0.15, 0.2) is 0 Å². The fourth-order valence-electron chi connectivity index (χ4n) is 2.83. The van der Waals surface area contributed by atoms with Gasteiger partial charge in [-0.25, -0.2) is 8.42 Å². The third-order valence-corrected chi connectivity index (χ3v) is 6.34. The fraction of sp³-hybridized carbons (Fsp3) is 0.625. The van der Waals surface area contributed by atoms with E-state index in [1.165, 1.54) is 12.1 Å². The van der Waals surface area contributed by atoms with Gasteiger partial charge in [-0.15, -0.1) is 0 Å². The van der Waals surface area contributed by atoms with E-state index < -0.39 is 21.7 Å². The molecule has 1 aliphatic rings. The molecule has 1 saturated heterocycles. The first-order chi connectivity index (χ1) is 10.8. The Morgan fingerprint density at radius 3 is 2.48 bits per heavy atom. The molecular formula is C16H26N2O4S. The van der Waals surface area contributed by atoms with E-state index in [1.807, 2.05) is 13.8 Å². The van der Waals surface area contributed by atoms with Crippen molar-refractivity contribution in [2.24, 2.45) is 0 Å². The van der Waals surface area contributed by atoms with E-state index in [4.69, 9.17) is 0 Å². The average Bonchev–Trinajstić information content (AvgIpc) is 2.86. The lowest BCUT2D eigenvalue weighted by Crippen LogP contribution is -2.52. The summed E-state index contributed by atoms with van der Waals surface area (Å²) in [6, 6.07) is 8.32. The predicted octanol–water partition coefficient (Wildman–Crippen LogP) is 0.561. The van der Waals surface area contributed by atoms with Gasteiger partial charge in [0.2, 0.25) is 10.0 Å². The summed E-state index contributed by atoms with van der Waals surface area (Å²) in [6.45, 7) is 4.04. The number of nitrogens with one attached hydrogen (secondary N) is 1. The van der Waals surface area contributed by atoms with Crippen molar-refractivity contribution in [3.8, 4) is 0 Å². The molecule has 23 heavy (non-hydrogen) atoms. The average molecular weight is 342 g/mol. The van der Waals surface area contributed by atoms with Gasteiger partial charge in [-0.3, -0.25) is 0 Å². The van der Waals surface area contributed by atoms with Gasteiger partial charge in [-0.2, -0.15) is 4.31 Å². The topological polar surface area (TPSA) is 89.9 Å². The summed E-state index contributed by atoms with van der Waals surface area (Å²) < 4.78 is 26.4. The number of nitrogens with zero attached hydrogens (tertiary/aromatic N) is 1. The van der Waals surface area contributed by atoms with Crippen LogP contribution in [0.4, 0.5) is 0 Å². The Hall–Kier alpha value is -0.990. The van der Waals surface area contributed by atoms with Gasteiger partial charge < -0.3 is 15.5 Å². The Kier molecular flexibility index (Phi) is 5.80. The first-order valence-corrected chi connectivity index (χ1v) is 9.46. The van der Waals surface area contributed by atoms with E-state index in [0.29, 0.717) is 0 Å². The highest BCUT2D eigenvalue weighted by atomic mass is 32.2. The molecule has 1 heterocycles. The highest BCUT2D eigenvalue weighted by Gasteiger charge is 2.48. The van der Waals surface area contributed by atoms with Crippen LogP contribution in [-0.4, -0.2) is 60.3 Å². The van der Waals surface area contributed by atoms with Gasteiger partial charge in [-0.05, 0) is 25.0 Å². The van der Waals surface area contributed by atoms with Crippen molar-refractivity contribution in [1.29, 1.82) is 0 Å². The number of sulfonamides is 1. The first-order valence-electron chi connectivity index (χ1n) is 8.02. The quantitative estimate of drug-likeness (QED) is 0.674. The van der Waals surface area contributed by atoms with Crippen LogP contribution in [0.5, 0.6) is 0 Å². The van der Waals surface area contributed by atoms with E-state index in [1.54, 1.807) is 18.2 Å². The summed E-state index contributed by atoms with van der Waals surface area (Å²) in [7, 11) is -3.71. The molecule has 0 amide bonds. The van der Waals surface area contributed by atoms with Crippen LogP contribution in [0.1, 0.15) is 26.7 Å². The summed E-state index contributed by atoms with van der Waals surface area (Å²) in [5.74, 6) is 0. The summed E-state index contributed by atoms with van der Waals surface area (Å²) in [5, 5.41) is 24.1. The number of rotatable bonds is 7. The second-order valence-electron chi connectivity index (χ2n) is 6.12. The standard InChI is InChI=1S/C16H26N2O4S/c1-3-13(4-2)17-11-16(20)12-18(10-15(16)19)23(21,22)14-8-6-5-7-9-14/h5-9,13,15,17,19-20H,3-4,10-12H2,1-2H3/t15-,16+/m1/s1.